The van der Waals surface area contributed by atoms with Gasteiger partial charge in [0, 0.05) is 13.6 Å². The molecule has 1 N–H and O–H groups in total. The van der Waals surface area contributed by atoms with Crippen molar-refractivity contribution in [2.75, 3.05) is 24.5 Å². The molecule has 1 atom stereocenters. The summed E-state index contributed by atoms with van der Waals surface area (Å²) in [4.78, 5) is 27.3. The number of likely N-dealkylation sites (N-methyl/N-ethyl adjacent to an activating group) is 1. The van der Waals surface area contributed by atoms with E-state index >= 15 is 0 Å². The molecule has 10 heteroatoms. The van der Waals surface area contributed by atoms with Crippen LogP contribution in [0.2, 0.25) is 0 Å². The minimum atomic E-state index is -4.24. The standard InChI is InChI=1S/C27H30FN3O5S/c1-4-36-24-14-16-25(17-15-24)37(34,35)31(23-12-10-22(28)11-13-23)19-26(32)30(20(2)27(33)29-3)18-21-8-6-5-7-9-21/h5-17,20H,4,18-19H2,1-3H3,(H,29,33)/t20-/m0/s1. The third-order valence-corrected chi connectivity index (χ3v) is 7.51. The first-order valence-corrected chi connectivity index (χ1v) is 13.2. The van der Waals surface area contributed by atoms with Crippen LogP contribution in [0.1, 0.15) is 19.4 Å². The SMILES string of the molecule is CCOc1ccc(S(=O)(=O)N(CC(=O)N(Cc2ccccc2)[C@@H](C)C(=O)NC)c2ccc(F)cc2)cc1. The maximum absolute atomic E-state index is 13.7. The van der Waals surface area contributed by atoms with Crippen molar-refractivity contribution in [2.24, 2.45) is 0 Å². The van der Waals surface area contributed by atoms with Crippen LogP contribution in [0.3, 0.4) is 0 Å². The van der Waals surface area contributed by atoms with Gasteiger partial charge in [-0.25, -0.2) is 12.8 Å². The van der Waals surface area contributed by atoms with Gasteiger partial charge in [0.15, 0.2) is 0 Å². The lowest BCUT2D eigenvalue weighted by atomic mass is 10.1. The number of ether oxygens (including phenoxy) is 1. The van der Waals surface area contributed by atoms with Crippen LogP contribution < -0.4 is 14.4 Å². The highest BCUT2D eigenvalue weighted by molar-refractivity contribution is 7.92. The average molecular weight is 528 g/mol. The molecule has 3 rings (SSSR count). The van der Waals surface area contributed by atoms with Gasteiger partial charge in [0.1, 0.15) is 24.2 Å². The zero-order valence-corrected chi connectivity index (χ0v) is 21.7. The van der Waals surface area contributed by atoms with Crippen molar-refractivity contribution < 1.29 is 27.1 Å². The number of carbonyl (C=O) groups is 2. The number of anilines is 1. The molecule has 0 aliphatic heterocycles. The Morgan fingerprint density at radius 3 is 2.16 bits per heavy atom. The fraction of sp³-hybridized carbons (Fsp3) is 0.259. The lowest BCUT2D eigenvalue weighted by Crippen LogP contribution is -2.50. The summed E-state index contributed by atoms with van der Waals surface area (Å²) in [6, 6.07) is 18.8. The van der Waals surface area contributed by atoms with Crippen LogP contribution in [0.4, 0.5) is 10.1 Å². The lowest BCUT2D eigenvalue weighted by Gasteiger charge is -2.31. The predicted octanol–water partition coefficient (Wildman–Crippen LogP) is 3.58. The van der Waals surface area contributed by atoms with Gasteiger partial charge in [-0.3, -0.25) is 13.9 Å². The molecule has 8 nitrogen and oxygen atoms in total. The Bertz CT molecular complexity index is 1300. The minimum absolute atomic E-state index is 0.0676. The second kappa shape index (κ2) is 12.4. The van der Waals surface area contributed by atoms with Gasteiger partial charge in [0.25, 0.3) is 10.0 Å². The molecular formula is C27H30FN3O5S. The molecule has 0 aromatic heterocycles. The molecule has 0 aliphatic carbocycles. The van der Waals surface area contributed by atoms with Gasteiger partial charge in [-0.15, -0.1) is 0 Å². The molecule has 0 fully saturated rings. The Balaban J connectivity index is 2.00. The van der Waals surface area contributed by atoms with Crippen LogP contribution in [-0.4, -0.2) is 51.4 Å². The number of carbonyl (C=O) groups excluding carboxylic acids is 2. The van der Waals surface area contributed by atoms with E-state index in [0.29, 0.717) is 12.4 Å². The fourth-order valence-corrected chi connectivity index (χ4v) is 5.12. The molecule has 0 radical (unpaired) electrons. The summed E-state index contributed by atoms with van der Waals surface area (Å²) in [6.07, 6.45) is 0. The highest BCUT2D eigenvalue weighted by Gasteiger charge is 2.32. The molecule has 37 heavy (non-hydrogen) atoms. The number of nitrogens with one attached hydrogen (secondary N) is 1. The largest absolute Gasteiger partial charge is 0.494 e. The van der Waals surface area contributed by atoms with E-state index in [0.717, 1.165) is 22.0 Å². The monoisotopic (exact) mass is 527 g/mol. The van der Waals surface area contributed by atoms with Gasteiger partial charge >= 0.3 is 0 Å². The quantitative estimate of drug-likeness (QED) is 0.411. The van der Waals surface area contributed by atoms with Gasteiger partial charge in [-0.2, -0.15) is 0 Å². The van der Waals surface area contributed by atoms with Crippen molar-refractivity contribution in [1.29, 1.82) is 0 Å². The van der Waals surface area contributed by atoms with Crippen molar-refractivity contribution in [2.45, 2.75) is 31.3 Å². The Hall–Kier alpha value is -3.92. The van der Waals surface area contributed by atoms with Crippen molar-refractivity contribution in [3.8, 4) is 5.75 Å². The van der Waals surface area contributed by atoms with Gasteiger partial charge in [-0.05, 0) is 67.9 Å². The molecule has 196 valence electrons. The highest BCUT2D eigenvalue weighted by Crippen LogP contribution is 2.26. The van der Waals surface area contributed by atoms with E-state index in [1.54, 1.807) is 6.92 Å². The highest BCUT2D eigenvalue weighted by atomic mass is 32.2. The molecule has 0 saturated carbocycles. The molecule has 0 aliphatic rings. The summed E-state index contributed by atoms with van der Waals surface area (Å²) in [5.41, 5.74) is 0.880. The first kappa shape index (κ1) is 27.7. The Morgan fingerprint density at radius 1 is 0.973 bits per heavy atom. The van der Waals surface area contributed by atoms with Crippen LogP contribution in [0.25, 0.3) is 0 Å². The van der Waals surface area contributed by atoms with E-state index in [1.165, 1.54) is 48.3 Å². The number of halogens is 1. The number of nitrogens with zero attached hydrogens (tertiary/aromatic N) is 2. The Labute approximate surface area is 216 Å². The maximum Gasteiger partial charge on any atom is 0.264 e. The number of hydrogen-bond acceptors (Lipinski definition) is 5. The number of amides is 2. The first-order valence-electron chi connectivity index (χ1n) is 11.7. The predicted molar refractivity (Wildman–Crippen MR) is 139 cm³/mol. The van der Waals surface area contributed by atoms with Gasteiger partial charge in [0.2, 0.25) is 11.8 Å². The van der Waals surface area contributed by atoms with Crippen molar-refractivity contribution in [3.05, 3.63) is 90.2 Å². The van der Waals surface area contributed by atoms with E-state index in [4.69, 9.17) is 4.74 Å². The molecule has 3 aromatic rings. The van der Waals surface area contributed by atoms with Crippen molar-refractivity contribution in [3.63, 3.8) is 0 Å². The van der Waals surface area contributed by atoms with Crippen LogP contribution >= 0.6 is 0 Å². The van der Waals surface area contributed by atoms with E-state index in [1.807, 2.05) is 37.3 Å². The zero-order chi connectivity index (χ0) is 27.0. The second-order valence-electron chi connectivity index (χ2n) is 8.19. The van der Waals surface area contributed by atoms with E-state index < -0.39 is 40.2 Å². The smallest absolute Gasteiger partial charge is 0.264 e. The summed E-state index contributed by atoms with van der Waals surface area (Å²) in [5, 5.41) is 2.53. The van der Waals surface area contributed by atoms with E-state index in [9.17, 15) is 22.4 Å². The molecule has 0 spiro atoms. The number of rotatable bonds is 11. The number of benzene rings is 3. The maximum atomic E-state index is 13.7. The zero-order valence-electron chi connectivity index (χ0n) is 20.9. The Kier molecular flexibility index (Phi) is 9.24. The van der Waals surface area contributed by atoms with Gasteiger partial charge in [-0.1, -0.05) is 30.3 Å². The summed E-state index contributed by atoms with van der Waals surface area (Å²) >= 11 is 0. The summed E-state index contributed by atoms with van der Waals surface area (Å²) in [5.74, 6) is -1.04. The topological polar surface area (TPSA) is 96.0 Å². The van der Waals surface area contributed by atoms with Gasteiger partial charge < -0.3 is 15.0 Å². The summed E-state index contributed by atoms with van der Waals surface area (Å²) in [7, 11) is -2.78. The second-order valence-corrected chi connectivity index (χ2v) is 10.1. The fourth-order valence-electron chi connectivity index (χ4n) is 3.71. The minimum Gasteiger partial charge on any atom is -0.494 e. The van der Waals surface area contributed by atoms with E-state index in [2.05, 4.69) is 5.32 Å². The molecule has 0 unspecified atom stereocenters. The number of sulfonamides is 1. The van der Waals surface area contributed by atoms with E-state index in [-0.39, 0.29) is 17.1 Å². The number of hydrogen-bond donors (Lipinski definition) is 1. The molecule has 0 bridgehead atoms. The Morgan fingerprint density at radius 2 is 1.59 bits per heavy atom. The third kappa shape index (κ3) is 6.85. The van der Waals surface area contributed by atoms with Gasteiger partial charge in [0.05, 0.1) is 17.2 Å². The molecular weight excluding hydrogens is 497 g/mol. The average Bonchev–Trinajstić information content (AvgIpc) is 2.91. The third-order valence-electron chi connectivity index (χ3n) is 5.73. The molecule has 0 saturated heterocycles. The molecule has 2 amide bonds. The van der Waals surface area contributed by atoms with Crippen LogP contribution in [0.5, 0.6) is 5.75 Å². The normalized spacial score (nSPS) is 11.9. The van der Waals surface area contributed by atoms with Crippen molar-refractivity contribution in [1.82, 2.24) is 10.2 Å². The first-order chi connectivity index (χ1) is 17.7. The van der Waals surface area contributed by atoms with Crippen molar-refractivity contribution >= 4 is 27.5 Å². The molecule has 3 aromatic carbocycles. The summed E-state index contributed by atoms with van der Waals surface area (Å²) in [6.45, 7) is 3.30. The van der Waals surface area contributed by atoms with Crippen LogP contribution in [0, 0.1) is 5.82 Å². The lowest BCUT2D eigenvalue weighted by molar-refractivity contribution is -0.139. The molecule has 0 heterocycles. The van der Waals surface area contributed by atoms with Crippen LogP contribution in [0.15, 0.2) is 83.8 Å². The summed E-state index contributed by atoms with van der Waals surface area (Å²) < 4.78 is 47.4. The van der Waals surface area contributed by atoms with Crippen LogP contribution in [-0.2, 0) is 26.2 Å².